The van der Waals surface area contributed by atoms with E-state index in [2.05, 4.69) is 9.98 Å². The van der Waals surface area contributed by atoms with Crippen molar-refractivity contribution in [3.05, 3.63) is 107 Å². The Morgan fingerprint density at radius 1 is 0.538 bits per heavy atom. The molecule has 0 spiro atoms. The van der Waals surface area contributed by atoms with E-state index in [9.17, 15) is 9.59 Å². The summed E-state index contributed by atoms with van der Waals surface area (Å²) in [5, 5.41) is 0. The molecule has 0 N–H and O–H groups in total. The number of hydrogen-bond donors (Lipinski definition) is 0. The Kier molecular flexibility index (Phi) is 5.64. The van der Waals surface area contributed by atoms with Crippen molar-refractivity contribution in [2.45, 2.75) is 12.1 Å². The maximum Gasteiger partial charge on any atom is 0.235 e. The highest BCUT2D eigenvalue weighted by Gasteiger charge is 2.22. The molecule has 0 saturated carbocycles. The van der Waals surface area contributed by atoms with Gasteiger partial charge in [0.15, 0.2) is 0 Å². The Morgan fingerprint density at radius 2 is 0.885 bits per heavy atom. The van der Waals surface area contributed by atoms with Gasteiger partial charge in [0, 0.05) is 0 Å². The fourth-order valence-electron chi connectivity index (χ4n) is 3.03. The molecule has 0 radical (unpaired) electrons. The van der Waals surface area contributed by atoms with Gasteiger partial charge in [-0.05, 0) is 22.3 Å². The average Bonchev–Trinajstić information content (AvgIpc) is 2.72. The zero-order valence-electron chi connectivity index (χ0n) is 13.9. The van der Waals surface area contributed by atoms with E-state index in [1.165, 1.54) is 0 Å². The molecule has 0 aliphatic carbocycles. The van der Waals surface area contributed by atoms with Crippen LogP contribution < -0.4 is 0 Å². The van der Waals surface area contributed by atoms with E-state index in [1.54, 1.807) is 12.2 Å². The van der Waals surface area contributed by atoms with E-state index >= 15 is 0 Å². The Morgan fingerprint density at radius 3 is 1.23 bits per heavy atom. The van der Waals surface area contributed by atoms with E-state index in [1.807, 2.05) is 84.9 Å². The molecule has 2 unspecified atom stereocenters. The van der Waals surface area contributed by atoms with Crippen molar-refractivity contribution in [2.75, 3.05) is 0 Å². The van der Waals surface area contributed by atoms with Gasteiger partial charge in [-0.25, -0.2) is 9.59 Å². The SMILES string of the molecule is O=C=NC(c1ccccc1)c1ccccc1C(N=C=O)c1ccccc1. The third kappa shape index (κ3) is 3.73. The zero-order chi connectivity index (χ0) is 18.2. The minimum atomic E-state index is -0.516. The number of aliphatic imine (C=N–C) groups is 2. The van der Waals surface area contributed by atoms with Crippen molar-refractivity contribution in [3.8, 4) is 0 Å². The summed E-state index contributed by atoms with van der Waals surface area (Å²) in [6.07, 6.45) is 3.34. The highest BCUT2D eigenvalue weighted by molar-refractivity contribution is 5.48. The maximum atomic E-state index is 11.1. The summed E-state index contributed by atoms with van der Waals surface area (Å²) in [6, 6.07) is 25.5. The molecule has 0 bridgehead atoms. The zero-order valence-corrected chi connectivity index (χ0v) is 13.9. The first-order chi connectivity index (χ1) is 12.8. The Hall–Kier alpha value is -3.58. The predicted octanol–water partition coefficient (Wildman–Crippen LogP) is 4.54. The first-order valence-corrected chi connectivity index (χ1v) is 8.18. The lowest BCUT2D eigenvalue weighted by molar-refractivity contribution is 0.558. The molecule has 0 fully saturated rings. The van der Waals surface area contributed by atoms with E-state index in [-0.39, 0.29) is 0 Å². The fourth-order valence-corrected chi connectivity index (χ4v) is 3.03. The number of carbonyl (C=O) groups excluding carboxylic acids is 2. The number of rotatable bonds is 6. The number of hydrogen-bond acceptors (Lipinski definition) is 4. The molecule has 0 saturated heterocycles. The summed E-state index contributed by atoms with van der Waals surface area (Å²) in [4.78, 5) is 30.2. The van der Waals surface area contributed by atoms with Gasteiger partial charge in [-0.2, -0.15) is 9.98 Å². The molecule has 0 heterocycles. The maximum absolute atomic E-state index is 11.1. The lowest BCUT2D eigenvalue weighted by atomic mass is 9.89. The van der Waals surface area contributed by atoms with Crippen molar-refractivity contribution >= 4 is 12.2 Å². The van der Waals surface area contributed by atoms with Gasteiger partial charge in [-0.15, -0.1) is 0 Å². The van der Waals surface area contributed by atoms with Crippen LogP contribution in [0.5, 0.6) is 0 Å². The fraction of sp³-hybridized carbons (Fsp3) is 0.0909. The van der Waals surface area contributed by atoms with Gasteiger partial charge < -0.3 is 0 Å². The Bertz CT molecular complexity index is 877. The van der Waals surface area contributed by atoms with Crippen LogP contribution in [0.1, 0.15) is 34.3 Å². The van der Waals surface area contributed by atoms with Crippen LogP contribution in [0.3, 0.4) is 0 Å². The highest BCUT2D eigenvalue weighted by atomic mass is 16.1. The van der Waals surface area contributed by atoms with E-state index in [4.69, 9.17) is 0 Å². The first-order valence-electron chi connectivity index (χ1n) is 8.18. The van der Waals surface area contributed by atoms with Crippen molar-refractivity contribution in [1.29, 1.82) is 0 Å². The van der Waals surface area contributed by atoms with Gasteiger partial charge in [-0.3, -0.25) is 0 Å². The molecule has 2 atom stereocenters. The molecule has 126 valence electrons. The van der Waals surface area contributed by atoms with Gasteiger partial charge in [0.25, 0.3) is 0 Å². The van der Waals surface area contributed by atoms with Crippen LogP contribution in [-0.4, -0.2) is 12.2 Å². The second-order valence-corrected chi connectivity index (χ2v) is 5.70. The summed E-state index contributed by atoms with van der Waals surface area (Å²) < 4.78 is 0. The largest absolute Gasteiger partial charge is 0.235 e. The molecule has 0 amide bonds. The van der Waals surface area contributed by atoms with Gasteiger partial charge in [-0.1, -0.05) is 84.9 Å². The minimum Gasteiger partial charge on any atom is -0.211 e. The number of nitrogens with zero attached hydrogens (tertiary/aromatic N) is 2. The Balaban J connectivity index is 2.17. The van der Waals surface area contributed by atoms with Gasteiger partial charge in [0.1, 0.15) is 12.1 Å². The molecule has 0 aliphatic rings. The third-order valence-corrected chi connectivity index (χ3v) is 4.18. The topological polar surface area (TPSA) is 58.9 Å². The molecule has 0 aromatic heterocycles. The van der Waals surface area contributed by atoms with Crippen LogP contribution >= 0.6 is 0 Å². The van der Waals surface area contributed by atoms with Crippen molar-refractivity contribution in [3.63, 3.8) is 0 Å². The summed E-state index contributed by atoms with van der Waals surface area (Å²) in [6.45, 7) is 0. The van der Waals surface area contributed by atoms with Crippen molar-refractivity contribution in [1.82, 2.24) is 0 Å². The van der Waals surface area contributed by atoms with Crippen LogP contribution in [-0.2, 0) is 9.59 Å². The quantitative estimate of drug-likeness (QED) is 0.489. The molecule has 3 aromatic rings. The second-order valence-electron chi connectivity index (χ2n) is 5.70. The summed E-state index contributed by atoms with van der Waals surface area (Å²) in [5.74, 6) is 0. The third-order valence-electron chi connectivity index (χ3n) is 4.18. The summed E-state index contributed by atoms with van der Waals surface area (Å²) in [5.41, 5.74) is 3.33. The van der Waals surface area contributed by atoms with E-state index in [0.717, 1.165) is 22.3 Å². The van der Waals surface area contributed by atoms with Gasteiger partial charge in [0.05, 0.1) is 0 Å². The smallest absolute Gasteiger partial charge is 0.211 e. The molecule has 4 nitrogen and oxygen atoms in total. The Labute approximate surface area is 151 Å². The molecule has 3 aromatic carbocycles. The average molecular weight is 340 g/mol. The molecule has 4 heteroatoms. The molecular weight excluding hydrogens is 324 g/mol. The molecular formula is C22H16N2O2. The van der Waals surface area contributed by atoms with Crippen LogP contribution in [0.15, 0.2) is 94.9 Å². The lowest BCUT2D eigenvalue weighted by Gasteiger charge is -2.20. The van der Waals surface area contributed by atoms with E-state index in [0.29, 0.717) is 0 Å². The lowest BCUT2D eigenvalue weighted by Crippen LogP contribution is -2.07. The van der Waals surface area contributed by atoms with Crippen molar-refractivity contribution in [2.24, 2.45) is 9.98 Å². The highest BCUT2D eigenvalue weighted by Crippen LogP contribution is 2.35. The van der Waals surface area contributed by atoms with Crippen LogP contribution in [0.4, 0.5) is 0 Å². The number of benzene rings is 3. The summed E-state index contributed by atoms with van der Waals surface area (Å²) >= 11 is 0. The molecule has 26 heavy (non-hydrogen) atoms. The van der Waals surface area contributed by atoms with Crippen LogP contribution in [0, 0.1) is 0 Å². The minimum absolute atomic E-state index is 0.516. The standard InChI is InChI=1S/C22H16N2O2/c25-15-23-21(17-9-3-1-4-10-17)19-13-7-8-14-20(19)22(24-16-26)18-11-5-2-6-12-18/h1-14,21-22H. The predicted molar refractivity (Wildman–Crippen MR) is 99.3 cm³/mol. The van der Waals surface area contributed by atoms with E-state index < -0.39 is 12.1 Å². The van der Waals surface area contributed by atoms with Gasteiger partial charge in [0.2, 0.25) is 12.2 Å². The summed E-state index contributed by atoms with van der Waals surface area (Å²) in [7, 11) is 0. The number of isocyanates is 2. The van der Waals surface area contributed by atoms with Crippen LogP contribution in [0.25, 0.3) is 0 Å². The monoisotopic (exact) mass is 340 g/mol. The van der Waals surface area contributed by atoms with Crippen molar-refractivity contribution < 1.29 is 9.59 Å². The second kappa shape index (κ2) is 8.50. The van der Waals surface area contributed by atoms with Gasteiger partial charge >= 0.3 is 0 Å². The van der Waals surface area contributed by atoms with Crippen LogP contribution in [0.2, 0.25) is 0 Å². The molecule has 3 rings (SSSR count). The normalized spacial score (nSPS) is 12.3. The first kappa shape index (κ1) is 17.2. The molecule has 0 aliphatic heterocycles.